The average Bonchev–Trinajstić information content (AvgIpc) is 2.29. The van der Waals surface area contributed by atoms with Crippen LogP contribution in [-0.4, -0.2) is 40.2 Å². The summed E-state index contributed by atoms with van der Waals surface area (Å²) in [6.45, 7) is 10.4. The van der Waals surface area contributed by atoms with Crippen molar-refractivity contribution in [2.45, 2.75) is 57.8 Å². The molecule has 0 saturated carbocycles. The van der Waals surface area contributed by atoms with Gasteiger partial charge in [-0.15, -0.1) is 0 Å². The highest BCUT2D eigenvalue weighted by Gasteiger charge is 2.11. The summed E-state index contributed by atoms with van der Waals surface area (Å²) in [4.78, 5) is 14.4. The lowest BCUT2D eigenvalue weighted by Crippen LogP contribution is -2.23. The summed E-state index contributed by atoms with van der Waals surface area (Å²) in [7, 11) is -0.843. The molecule has 0 atom stereocenters. The van der Waals surface area contributed by atoms with Gasteiger partial charge in [-0.05, 0) is 45.0 Å². The van der Waals surface area contributed by atoms with Gasteiger partial charge in [0.25, 0.3) is 0 Å². The van der Waals surface area contributed by atoms with Gasteiger partial charge in [0.1, 0.15) is 6.29 Å². The molecule has 0 aromatic heterocycles. The summed E-state index contributed by atoms with van der Waals surface area (Å²) in [6, 6.07) is 1.41. The number of rotatable bonds is 12. The molecule has 0 fully saturated rings. The van der Waals surface area contributed by atoms with E-state index in [2.05, 4.69) is 30.0 Å². The van der Waals surface area contributed by atoms with Crippen LogP contribution in [0.5, 0.6) is 0 Å². The van der Waals surface area contributed by atoms with Crippen molar-refractivity contribution in [3.63, 3.8) is 0 Å². The minimum Gasteiger partial charge on any atom is -0.317 e. The molecule has 18 heavy (non-hydrogen) atoms. The topological polar surface area (TPSA) is 41.5 Å². The molecule has 0 amide bonds. The quantitative estimate of drug-likeness (QED) is 0.256. The fourth-order valence-corrected chi connectivity index (χ4v) is 2.88. The van der Waals surface area contributed by atoms with Gasteiger partial charge in [-0.25, -0.2) is 0 Å². The summed E-state index contributed by atoms with van der Waals surface area (Å²) in [5.74, 6) is 0. The van der Waals surface area contributed by atoms with Crippen molar-refractivity contribution in [1.29, 1.82) is 0 Å². The van der Waals surface area contributed by atoms with Crippen LogP contribution in [0.3, 0.4) is 0 Å². The third-order valence-electron chi connectivity index (χ3n) is 2.71. The molecule has 0 bridgehead atoms. The number of aldehydes is 1. The van der Waals surface area contributed by atoms with E-state index in [4.69, 9.17) is 0 Å². The molecule has 0 rings (SSSR count). The summed E-state index contributed by atoms with van der Waals surface area (Å²) in [5, 5.41) is 3.47. The highest BCUT2D eigenvalue weighted by Crippen LogP contribution is 2.09. The third kappa shape index (κ3) is 15.5. The maximum atomic E-state index is 10.1. The molecule has 0 aromatic carbocycles. The molecule has 0 aromatic rings. The predicted octanol–water partition coefficient (Wildman–Crippen LogP) is 3.13. The minimum absolute atomic E-state index is 0.657. The zero-order valence-corrected chi connectivity index (χ0v) is 13.4. The summed E-state index contributed by atoms with van der Waals surface area (Å²) in [5.41, 5.74) is 0. The lowest BCUT2D eigenvalue weighted by atomic mass is 10.3. The first-order chi connectivity index (χ1) is 8.56. The number of carbonyl (C=O) groups excluding carboxylic acids is 1. The highest BCUT2D eigenvalue weighted by atomic mass is 28.3. The lowest BCUT2D eigenvalue weighted by molar-refractivity contribution is -0.107. The number of carbonyl (C=O) groups is 1. The van der Waals surface area contributed by atoms with Gasteiger partial charge in [0.15, 0.2) is 0 Å². The van der Waals surface area contributed by atoms with Crippen LogP contribution in [0.15, 0.2) is 4.99 Å². The molecular weight excluding hydrogens is 240 g/mol. The number of nitrogens with zero attached hydrogens (tertiary/aromatic N) is 1. The van der Waals surface area contributed by atoms with Gasteiger partial charge < -0.3 is 10.1 Å². The Labute approximate surface area is 113 Å². The first-order valence-corrected chi connectivity index (χ1v) is 10.9. The second kappa shape index (κ2) is 11.6. The van der Waals surface area contributed by atoms with Crippen LogP contribution >= 0.6 is 0 Å². The Morgan fingerprint density at radius 2 is 1.78 bits per heavy atom. The Morgan fingerprint density at radius 1 is 1.06 bits per heavy atom. The van der Waals surface area contributed by atoms with E-state index in [0.29, 0.717) is 6.42 Å². The molecule has 0 saturated heterocycles. The zero-order chi connectivity index (χ0) is 13.7. The van der Waals surface area contributed by atoms with E-state index in [9.17, 15) is 4.79 Å². The smallest absolute Gasteiger partial charge is 0.120 e. The number of hydrogen-bond acceptors (Lipinski definition) is 3. The van der Waals surface area contributed by atoms with E-state index in [1.807, 2.05) is 6.21 Å². The van der Waals surface area contributed by atoms with Gasteiger partial charge in [-0.1, -0.05) is 25.7 Å². The van der Waals surface area contributed by atoms with Crippen molar-refractivity contribution in [2.24, 2.45) is 4.99 Å². The van der Waals surface area contributed by atoms with Gasteiger partial charge in [0, 0.05) is 21.0 Å². The molecule has 0 radical (unpaired) electrons. The summed E-state index contributed by atoms with van der Waals surface area (Å²) < 4.78 is 0. The molecule has 3 nitrogen and oxygen atoms in total. The molecule has 0 heterocycles. The minimum atomic E-state index is -0.843. The van der Waals surface area contributed by atoms with Crippen LogP contribution in [-0.2, 0) is 4.79 Å². The first kappa shape index (κ1) is 17.5. The van der Waals surface area contributed by atoms with E-state index in [-0.39, 0.29) is 0 Å². The predicted molar refractivity (Wildman–Crippen MR) is 83.5 cm³/mol. The maximum absolute atomic E-state index is 10.1. The van der Waals surface area contributed by atoms with Crippen molar-refractivity contribution in [1.82, 2.24) is 5.32 Å². The normalized spacial score (nSPS) is 12.2. The summed E-state index contributed by atoms with van der Waals surface area (Å²) in [6.07, 6.45) is 7.86. The molecule has 0 unspecified atom stereocenters. The van der Waals surface area contributed by atoms with E-state index in [1.165, 1.54) is 12.5 Å². The van der Waals surface area contributed by atoms with E-state index >= 15 is 0 Å². The lowest BCUT2D eigenvalue weighted by Gasteiger charge is -2.15. The molecule has 4 heteroatoms. The van der Waals surface area contributed by atoms with Crippen molar-refractivity contribution in [3.05, 3.63) is 0 Å². The zero-order valence-electron chi connectivity index (χ0n) is 12.4. The third-order valence-corrected chi connectivity index (χ3v) is 4.56. The van der Waals surface area contributed by atoms with Crippen molar-refractivity contribution in [3.8, 4) is 0 Å². The number of aliphatic imine (C=N–C) groups is 1. The molecule has 0 spiro atoms. The number of unbranched alkanes of at least 4 members (excludes halogenated alkanes) is 2. The second-order valence-electron chi connectivity index (χ2n) is 5.95. The van der Waals surface area contributed by atoms with Crippen molar-refractivity contribution >= 4 is 20.6 Å². The van der Waals surface area contributed by atoms with Crippen LogP contribution in [0, 0.1) is 0 Å². The van der Waals surface area contributed by atoms with E-state index in [0.717, 1.165) is 45.2 Å². The van der Waals surface area contributed by atoms with E-state index in [1.54, 1.807) is 0 Å². The van der Waals surface area contributed by atoms with Crippen molar-refractivity contribution < 1.29 is 4.79 Å². The highest BCUT2D eigenvalue weighted by molar-refractivity contribution is 6.76. The first-order valence-electron chi connectivity index (χ1n) is 7.19. The average molecular weight is 270 g/mol. The molecule has 0 aliphatic rings. The largest absolute Gasteiger partial charge is 0.317 e. The Bertz CT molecular complexity index is 224. The number of nitrogens with one attached hydrogen (secondary N) is 1. The number of hydrogen-bond donors (Lipinski definition) is 1. The standard InChI is InChI=1S/C14H30N2OSi/c1-18(2,3)14-8-12-16-11-7-10-15-9-5-4-6-13-17/h9,13,16H,4-8,10-12,14H2,1-3H3. The van der Waals surface area contributed by atoms with Gasteiger partial charge >= 0.3 is 0 Å². The molecular formula is C14H30N2OSi. The Kier molecular flexibility index (Phi) is 11.3. The maximum Gasteiger partial charge on any atom is 0.120 e. The van der Waals surface area contributed by atoms with Crippen molar-refractivity contribution in [2.75, 3.05) is 19.6 Å². The Morgan fingerprint density at radius 3 is 2.44 bits per heavy atom. The van der Waals surface area contributed by atoms with Crippen LogP contribution in [0.4, 0.5) is 0 Å². The summed E-state index contributed by atoms with van der Waals surface area (Å²) >= 11 is 0. The van der Waals surface area contributed by atoms with Crippen LogP contribution in [0.25, 0.3) is 0 Å². The van der Waals surface area contributed by atoms with Gasteiger partial charge in [0.2, 0.25) is 0 Å². The SMILES string of the molecule is C[Si](C)(C)CCCNCCCN=CCCCC=O. The van der Waals surface area contributed by atoms with Gasteiger partial charge in [-0.3, -0.25) is 4.99 Å². The Hall–Kier alpha value is -0.483. The fraction of sp³-hybridized carbons (Fsp3) is 0.857. The van der Waals surface area contributed by atoms with Crippen LogP contribution in [0.2, 0.25) is 25.7 Å². The monoisotopic (exact) mass is 270 g/mol. The van der Waals surface area contributed by atoms with Crippen LogP contribution < -0.4 is 5.32 Å². The van der Waals surface area contributed by atoms with Gasteiger partial charge in [-0.2, -0.15) is 0 Å². The molecule has 106 valence electrons. The molecule has 0 aliphatic carbocycles. The molecule has 1 N–H and O–H groups in total. The van der Waals surface area contributed by atoms with Gasteiger partial charge in [0.05, 0.1) is 0 Å². The second-order valence-corrected chi connectivity index (χ2v) is 11.6. The fourth-order valence-electron chi connectivity index (χ4n) is 1.64. The Balaban J connectivity index is 3.14. The molecule has 0 aliphatic heterocycles. The van der Waals surface area contributed by atoms with E-state index < -0.39 is 8.07 Å². The van der Waals surface area contributed by atoms with Crippen LogP contribution in [0.1, 0.15) is 32.1 Å².